The molecule has 1 aliphatic rings. The molecule has 1 aromatic heterocycles. The Bertz CT molecular complexity index is 657. The van der Waals surface area contributed by atoms with Crippen molar-refractivity contribution in [2.75, 3.05) is 13.1 Å². The highest BCUT2D eigenvalue weighted by Crippen LogP contribution is 2.29. The van der Waals surface area contributed by atoms with Gasteiger partial charge >= 0.3 is 6.09 Å². The maximum Gasteiger partial charge on any atom is 0.410 e. The molecule has 3 rings (SSSR count). The monoisotopic (exact) mass is 287 g/mol. The number of hydrogen-bond donors (Lipinski definition) is 1. The van der Waals surface area contributed by atoms with Gasteiger partial charge in [-0.15, -0.1) is 0 Å². The Hall–Kier alpha value is -2.04. The van der Waals surface area contributed by atoms with Gasteiger partial charge in [-0.1, -0.05) is 6.07 Å². The maximum atomic E-state index is 12.1. The van der Waals surface area contributed by atoms with Crippen molar-refractivity contribution >= 4 is 17.0 Å². The molecule has 5 nitrogen and oxygen atoms in total. The molecule has 1 N–H and O–H groups in total. The second-order valence-corrected chi connectivity index (χ2v) is 6.63. The molecule has 1 aliphatic heterocycles. The number of fused-ring (bicyclic) bond motifs is 1. The van der Waals surface area contributed by atoms with Gasteiger partial charge in [0.1, 0.15) is 5.60 Å². The minimum absolute atomic E-state index is 0.214. The topological polar surface area (TPSA) is 58.2 Å². The third-order valence-electron chi connectivity index (χ3n) is 3.78. The minimum atomic E-state index is -0.440. The zero-order valence-corrected chi connectivity index (χ0v) is 12.7. The molecule has 1 fully saturated rings. The van der Waals surface area contributed by atoms with E-state index in [1.165, 1.54) is 5.56 Å². The number of nitrogens with zero attached hydrogens (tertiary/aromatic N) is 2. The van der Waals surface area contributed by atoms with Gasteiger partial charge < -0.3 is 9.64 Å². The lowest BCUT2D eigenvalue weighted by atomic mass is 9.97. The van der Waals surface area contributed by atoms with Crippen molar-refractivity contribution in [1.29, 1.82) is 0 Å². The average molecular weight is 287 g/mol. The molecule has 1 atom stereocenters. The number of aromatic amines is 1. The van der Waals surface area contributed by atoms with Gasteiger partial charge in [0.2, 0.25) is 0 Å². The second kappa shape index (κ2) is 5.06. The molecule has 0 aliphatic carbocycles. The van der Waals surface area contributed by atoms with E-state index in [2.05, 4.69) is 22.3 Å². The lowest BCUT2D eigenvalue weighted by molar-refractivity contribution is 0.0292. The number of aromatic nitrogens is 2. The van der Waals surface area contributed by atoms with Gasteiger partial charge in [0.05, 0.1) is 11.7 Å². The SMILES string of the molecule is CC(C)(C)OC(=O)N1CCC(c2ccc3[nH]ncc3c2)C1. The summed E-state index contributed by atoms with van der Waals surface area (Å²) in [6, 6.07) is 6.32. The van der Waals surface area contributed by atoms with Crippen molar-refractivity contribution < 1.29 is 9.53 Å². The first-order valence-electron chi connectivity index (χ1n) is 7.33. The number of H-pyrrole nitrogens is 1. The van der Waals surface area contributed by atoms with Gasteiger partial charge in [-0.3, -0.25) is 5.10 Å². The minimum Gasteiger partial charge on any atom is -0.444 e. The van der Waals surface area contributed by atoms with E-state index in [-0.39, 0.29) is 6.09 Å². The smallest absolute Gasteiger partial charge is 0.410 e. The fourth-order valence-corrected chi connectivity index (χ4v) is 2.74. The third kappa shape index (κ3) is 3.01. The largest absolute Gasteiger partial charge is 0.444 e. The van der Waals surface area contributed by atoms with Crippen molar-refractivity contribution in [3.05, 3.63) is 30.0 Å². The van der Waals surface area contributed by atoms with Crippen LogP contribution in [-0.2, 0) is 4.74 Å². The molecule has 0 radical (unpaired) electrons. The number of hydrogen-bond acceptors (Lipinski definition) is 3. The average Bonchev–Trinajstić information content (AvgIpc) is 3.05. The Morgan fingerprint density at radius 2 is 2.24 bits per heavy atom. The molecule has 2 heterocycles. The van der Waals surface area contributed by atoms with Crippen molar-refractivity contribution in [3.63, 3.8) is 0 Å². The standard InChI is InChI=1S/C16H21N3O2/c1-16(2,3)21-15(20)19-7-6-12(10-19)11-4-5-14-13(8-11)9-17-18-14/h4-5,8-9,12H,6-7,10H2,1-3H3,(H,17,18). The van der Waals surface area contributed by atoms with Crippen LogP contribution in [0, 0.1) is 0 Å². The summed E-state index contributed by atoms with van der Waals surface area (Å²) in [4.78, 5) is 13.9. The molecule has 0 saturated carbocycles. The predicted octanol–water partition coefficient (Wildman–Crippen LogP) is 3.29. The Kier molecular flexibility index (Phi) is 3.35. The molecule has 21 heavy (non-hydrogen) atoms. The van der Waals surface area contributed by atoms with Crippen LogP contribution in [-0.4, -0.2) is 39.9 Å². The quantitative estimate of drug-likeness (QED) is 0.875. The summed E-state index contributed by atoms with van der Waals surface area (Å²) in [7, 11) is 0. The number of rotatable bonds is 1. The molecular formula is C16H21N3O2. The number of amides is 1. The molecule has 1 unspecified atom stereocenters. The lowest BCUT2D eigenvalue weighted by Gasteiger charge is -2.24. The van der Waals surface area contributed by atoms with Crippen molar-refractivity contribution in [1.82, 2.24) is 15.1 Å². The molecule has 5 heteroatoms. The first-order valence-corrected chi connectivity index (χ1v) is 7.33. The Balaban J connectivity index is 1.70. The highest BCUT2D eigenvalue weighted by atomic mass is 16.6. The zero-order valence-electron chi connectivity index (χ0n) is 12.7. The van der Waals surface area contributed by atoms with Crippen LogP contribution in [0.15, 0.2) is 24.4 Å². The van der Waals surface area contributed by atoms with E-state index in [1.54, 1.807) is 4.90 Å². The van der Waals surface area contributed by atoms with Gasteiger partial charge in [0, 0.05) is 24.4 Å². The molecule has 112 valence electrons. The highest BCUT2D eigenvalue weighted by Gasteiger charge is 2.30. The van der Waals surface area contributed by atoms with Crippen LogP contribution in [0.2, 0.25) is 0 Å². The third-order valence-corrected chi connectivity index (χ3v) is 3.78. The van der Waals surface area contributed by atoms with E-state index in [9.17, 15) is 4.79 Å². The number of carbonyl (C=O) groups excluding carboxylic acids is 1. The van der Waals surface area contributed by atoms with E-state index in [4.69, 9.17) is 4.74 Å². The second-order valence-electron chi connectivity index (χ2n) is 6.63. The van der Waals surface area contributed by atoms with Gasteiger partial charge in [-0.2, -0.15) is 5.10 Å². The number of benzene rings is 1. The first kappa shape index (κ1) is 13.9. The summed E-state index contributed by atoms with van der Waals surface area (Å²) in [6.07, 6.45) is 2.59. The van der Waals surface area contributed by atoms with Crippen molar-refractivity contribution in [3.8, 4) is 0 Å². The van der Waals surface area contributed by atoms with E-state index >= 15 is 0 Å². The number of carbonyl (C=O) groups is 1. The summed E-state index contributed by atoms with van der Waals surface area (Å²) in [5.41, 5.74) is 1.86. The highest BCUT2D eigenvalue weighted by molar-refractivity contribution is 5.78. The number of likely N-dealkylation sites (tertiary alicyclic amines) is 1. The molecule has 0 spiro atoms. The van der Waals surface area contributed by atoms with Crippen LogP contribution in [0.5, 0.6) is 0 Å². The van der Waals surface area contributed by atoms with E-state index in [1.807, 2.05) is 33.0 Å². The Morgan fingerprint density at radius 3 is 3.00 bits per heavy atom. The van der Waals surface area contributed by atoms with Crippen LogP contribution in [0.3, 0.4) is 0 Å². The summed E-state index contributed by atoms with van der Waals surface area (Å²) >= 11 is 0. The Morgan fingerprint density at radius 1 is 1.43 bits per heavy atom. The molecule has 1 aromatic carbocycles. The van der Waals surface area contributed by atoms with Gasteiger partial charge in [0.25, 0.3) is 0 Å². The summed E-state index contributed by atoms with van der Waals surface area (Å²) in [5.74, 6) is 0.372. The summed E-state index contributed by atoms with van der Waals surface area (Å²) < 4.78 is 5.44. The van der Waals surface area contributed by atoms with Crippen LogP contribution < -0.4 is 0 Å². The van der Waals surface area contributed by atoms with Gasteiger partial charge in [0.15, 0.2) is 0 Å². The van der Waals surface area contributed by atoms with Crippen LogP contribution in [0.4, 0.5) is 4.79 Å². The molecule has 1 amide bonds. The fourth-order valence-electron chi connectivity index (χ4n) is 2.74. The van der Waals surface area contributed by atoms with E-state index in [0.29, 0.717) is 5.92 Å². The number of ether oxygens (including phenoxy) is 1. The fraction of sp³-hybridized carbons (Fsp3) is 0.500. The molecule has 1 saturated heterocycles. The first-order chi connectivity index (χ1) is 9.92. The summed E-state index contributed by atoms with van der Waals surface area (Å²) in [6.45, 7) is 7.16. The lowest BCUT2D eigenvalue weighted by Crippen LogP contribution is -2.35. The molecular weight excluding hydrogens is 266 g/mol. The number of nitrogens with one attached hydrogen (secondary N) is 1. The van der Waals surface area contributed by atoms with Crippen molar-refractivity contribution in [2.45, 2.75) is 38.7 Å². The van der Waals surface area contributed by atoms with E-state index < -0.39 is 5.60 Å². The maximum absolute atomic E-state index is 12.1. The Labute approximate surface area is 124 Å². The van der Waals surface area contributed by atoms with Gasteiger partial charge in [-0.25, -0.2) is 4.79 Å². The normalized spacial score (nSPS) is 19.2. The molecule has 0 bridgehead atoms. The summed E-state index contributed by atoms with van der Waals surface area (Å²) in [5, 5.41) is 8.11. The van der Waals surface area contributed by atoms with Crippen LogP contribution >= 0.6 is 0 Å². The van der Waals surface area contributed by atoms with Crippen LogP contribution in [0.25, 0.3) is 10.9 Å². The van der Waals surface area contributed by atoms with Crippen molar-refractivity contribution in [2.24, 2.45) is 0 Å². The predicted molar refractivity (Wildman–Crippen MR) is 81.3 cm³/mol. The molecule has 2 aromatic rings. The van der Waals surface area contributed by atoms with E-state index in [0.717, 1.165) is 30.4 Å². The van der Waals surface area contributed by atoms with Gasteiger partial charge in [-0.05, 0) is 44.9 Å². The van der Waals surface area contributed by atoms with Crippen LogP contribution in [0.1, 0.15) is 38.7 Å². The zero-order chi connectivity index (χ0) is 15.0.